The van der Waals surface area contributed by atoms with Crippen LogP contribution in [-0.4, -0.2) is 15.2 Å². The first-order valence-corrected chi connectivity index (χ1v) is 6.82. The lowest BCUT2D eigenvalue weighted by Gasteiger charge is -1.99. The van der Waals surface area contributed by atoms with Crippen LogP contribution in [0.1, 0.15) is 5.56 Å². The molecule has 1 heterocycles. The van der Waals surface area contributed by atoms with E-state index >= 15 is 0 Å². The second-order valence-corrected chi connectivity index (χ2v) is 5.35. The lowest BCUT2D eigenvalue weighted by Crippen LogP contribution is -1.82. The summed E-state index contributed by atoms with van der Waals surface area (Å²) in [5.74, 6) is 1.11. The Morgan fingerprint density at radius 1 is 1.10 bits per heavy atom. The van der Waals surface area contributed by atoms with Crippen LogP contribution in [0.25, 0.3) is 22.8 Å². The zero-order valence-corrected chi connectivity index (χ0v) is 12.3. The molecule has 100 valence electrons. The number of aromatic nitrogens is 2. The molecule has 2 aromatic carbocycles. The van der Waals surface area contributed by atoms with Crippen molar-refractivity contribution in [3.8, 4) is 28.6 Å². The zero-order valence-electron chi connectivity index (χ0n) is 10.7. The molecule has 4 nitrogen and oxygen atoms in total. The molecular formula is C15H11BrN2O2. The molecule has 0 bridgehead atoms. The first-order chi connectivity index (χ1) is 9.63. The van der Waals surface area contributed by atoms with E-state index in [9.17, 15) is 5.11 Å². The van der Waals surface area contributed by atoms with Gasteiger partial charge in [-0.1, -0.05) is 39.3 Å². The van der Waals surface area contributed by atoms with Crippen LogP contribution < -0.4 is 0 Å². The van der Waals surface area contributed by atoms with Gasteiger partial charge < -0.3 is 9.63 Å². The number of rotatable bonds is 2. The van der Waals surface area contributed by atoms with E-state index in [0.29, 0.717) is 17.3 Å². The van der Waals surface area contributed by atoms with Gasteiger partial charge in [0.2, 0.25) is 5.82 Å². The summed E-state index contributed by atoms with van der Waals surface area (Å²) in [5.41, 5.74) is 2.37. The van der Waals surface area contributed by atoms with Crippen molar-refractivity contribution in [2.45, 2.75) is 6.92 Å². The van der Waals surface area contributed by atoms with Crippen molar-refractivity contribution in [3.63, 3.8) is 0 Å². The number of phenols is 1. The van der Waals surface area contributed by atoms with Crippen molar-refractivity contribution in [2.24, 2.45) is 0 Å². The van der Waals surface area contributed by atoms with Gasteiger partial charge in [0.25, 0.3) is 5.89 Å². The largest absolute Gasteiger partial charge is 0.508 e. The minimum Gasteiger partial charge on any atom is -0.508 e. The second-order valence-electron chi connectivity index (χ2n) is 4.43. The summed E-state index contributed by atoms with van der Waals surface area (Å²) in [5, 5.41) is 13.7. The molecule has 20 heavy (non-hydrogen) atoms. The van der Waals surface area contributed by atoms with E-state index < -0.39 is 0 Å². The van der Waals surface area contributed by atoms with Gasteiger partial charge in [0.1, 0.15) is 5.75 Å². The molecule has 1 N–H and O–H groups in total. The van der Waals surface area contributed by atoms with E-state index in [-0.39, 0.29) is 5.75 Å². The van der Waals surface area contributed by atoms with Gasteiger partial charge in [-0.25, -0.2) is 0 Å². The number of hydrogen-bond acceptors (Lipinski definition) is 4. The molecule has 3 rings (SSSR count). The van der Waals surface area contributed by atoms with Crippen molar-refractivity contribution in [2.75, 3.05) is 0 Å². The third-order valence-corrected chi connectivity index (χ3v) is 3.46. The Hall–Kier alpha value is -2.14. The molecule has 0 saturated carbocycles. The molecular weight excluding hydrogens is 320 g/mol. The van der Waals surface area contributed by atoms with Gasteiger partial charge in [0, 0.05) is 15.6 Å². The van der Waals surface area contributed by atoms with Gasteiger partial charge in [0.15, 0.2) is 0 Å². The molecule has 1 aromatic heterocycles. The molecule has 5 heteroatoms. The normalized spacial score (nSPS) is 10.7. The predicted molar refractivity (Wildman–Crippen MR) is 79.3 cm³/mol. The van der Waals surface area contributed by atoms with Crippen LogP contribution in [0.5, 0.6) is 5.75 Å². The molecule has 0 aliphatic rings. The summed E-state index contributed by atoms with van der Waals surface area (Å²) in [6.45, 7) is 1.83. The summed E-state index contributed by atoms with van der Waals surface area (Å²) in [4.78, 5) is 4.35. The predicted octanol–water partition coefficient (Wildman–Crippen LogP) is 4.18. The smallest absolute Gasteiger partial charge is 0.258 e. The van der Waals surface area contributed by atoms with Crippen molar-refractivity contribution in [1.82, 2.24) is 10.1 Å². The van der Waals surface area contributed by atoms with Gasteiger partial charge in [-0.3, -0.25) is 0 Å². The molecule has 0 fully saturated rings. The van der Waals surface area contributed by atoms with Gasteiger partial charge in [-0.05, 0) is 36.8 Å². The molecule has 0 aliphatic heterocycles. The van der Waals surface area contributed by atoms with Gasteiger partial charge in [0.05, 0.1) is 0 Å². The maximum absolute atomic E-state index is 9.73. The van der Waals surface area contributed by atoms with Crippen molar-refractivity contribution in [1.29, 1.82) is 0 Å². The van der Waals surface area contributed by atoms with E-state index in [1.54, 1.807) is 6.07 Å². The quantitative estimate of drug-likeness (QED) is 0.765. The number of hydrogen-bond donors (Lipinski definition) is 1. The summed E-state index contributed by atoms with van der Waals surface area (Å²) in [6.07, 6.45) is 0. The third kappa shape index (κ3) is 2.44. The van der Waals surface area contributed by atoms with Crippen LogP contribution in [0.3, 0.4) is 0 Å². The average Bonchev–Trinajstić information content (AvgIpc) is 2.92. The fraction of sp³-hybridized carbons (Fsp3) is 0.0667. The molecule has 0 amide bonds. The van der Waals surface area contributed by atoms with Crippen LogP contribution in [0.4, 0.5) is 0 Å². The van der Waals surface area contributed by atoms with E-state index in [1.165, 1.54) is 0 Å². The molecule has 0 spiro atoms. The Kier molecular flexibility index (Phi) is 3.28. The molecule has 0 unspecified atom stereocenters. The van der Waals surface area contributed by atoms with Crippen molar-refractivity contribution < 1.29 is 9.63 Å². The topological polar surface area (TPSA) is 59.2 Å². The van der Waals surface area contributed by atoms with Gasteiger partial charge in [-0.2, -0.15) is 4.98 Å². The van der Waals surface area contributed by atoms with Crippen LogP contribution in [0.15, 0.2) is 51.5 Å². The summed E-state index contributed by atoms with van der Waals surface area (Å²) < 4.78 is 6.21. The SMILES string of the molecule is Cc1ccc(-c2nc(-c3cccc(Br)c3)no2)cc1O. The molecule has 0 atom stereocenters. The van der Waals surface area contributed by atoms with Crippen molar-refractivity contribution in [3.05, 3.63) is 52.5 Å². The number of benzene rings is 2. The standard InChI is InChI=1S/C15H11BrN2O2/c1-9-5-6-11(8-13(9)19)15-17-14(18-20-15)10-3-2-4-12(16)7-10/h2-8,19H,1H3. The first-order valence-electron chi connectivity index (χ1n) is 6.03. The average molecular weight is 331 g/mol. The summed E-state index contributed by atoms with van der Waals surface area (Å²) >= 11 is 3.41. The molecule has 0 saturated heterocycles. The monoisotopic (exact) mass is 330 g/mol. The molecule has 0 aliphatic carbocycles. The number of aryl methyl sites for hydroxylation is 1. The van der Waals surface area contributed by atoms with Crippen LogP contribution in [-0.2, 0) is 0 Å². The number of aromatic hydroxyl groups is 1. The fourth-order valence-corrected chi connectivity index (χ4v) is 2.23. The Morgan fingerprint density at radius 2 is 1.95 bits per heavy atom. The fourth-order valence-electron chi connectivity index (χ4n) is 1.83. The van der Waals surface area contributed by atoms with E-state index in [2.05, 4.69) is 26.1 Å². The number of halogens is 1. The lowest BCUT2D eigenvalue weighted by atomic mass is 10.1. The first kappa shape index (κ1) is 12.9. The highest BCUT2D eigenvalue weighted by Crippen LogP contribution is 2.27. The highest BCUT2D eigenvalue weighted by atomic mass is 79.9. The highest BCUT2D eigenvalue weighted by molar-refractivity contribution is 9.10. The molecule has 3 aromatic rings. The van der Waals surface area contributed by atoms with E-state index in [4.69, 9.17) is 4.52 Å². The lowest BCUT2D eigenvalue weighted by molar-refractivity contribution is 0.431. The van der Waals surface area contributed by atoms with Gasteiger partial charge in [-0.15, -0.1) is 0 Å². The van der Waals surface area contributed by atoms with Crippen LogP contribution in [0, 0.1) is 6.92 Å². The Labute approximate surface area is 124 Å². The third-order valence-electron chi connectivity index (χ3n) is 2.96. The number of phenolic OH excluding ortho intramolecular Hbond substituents is 1. The minimum atomic E-state index is 0.213. The maximum atomic E-state index is 9.73. The number of nitrogens with zero attached hydrogens (tertiary/aromatic N) is 2. The van der Waals surface area contributed by atoms with Crippen LogP contribution >= 0.6 is 15.9 Å². The zero-order chi connectivity index (χ0) is 14.1. The Bertz CT molecular complexity index is 768. The summed E-state index contributed by atoms with van der Waals surface area (Å²) in [6, 6.07) is 12.9. The maximum Gasteiger partial charge on any atom is 0.258 e. The van der Waals surface area contributed by atoms with Crippen molar-refractivity contribution >= 4 is 15.9 Å². The minimum absolute atomic E-state index is 0.213. The van der Waals surface area contributed by atoms with E-state index in [1.807, 2.05) is 43.3 Å². The van der Waals surface area contributed by atoms with Crippen LogP contribution in [0.2, 0.25) is 0 Å². The molecule has 0 radical (unpaired) electrons. The van der Waals surface area contributed by atoms with Gasteiger partial charge >= 0.3 is 0 Å². The second kappa shape index (κ2) is 5.09. The Morgan fingerprint density at radius 3 is 2.70 bits per heavy atom. The highest BCUT2D eigenvalue weighted by Gasteiger charge is 2.11. The van der Waals surface area contributed by atoms with E-state index in [0.717, 1.165) is 15.6 Å². The summed E-state index contributed by atoms with van der Waals surface area (Å²) in [7, 11) is 0. The Balaban J connectivity index is 1.99.